The maximum Gasteiger partial charge on any atom is 0.416 e. The average Bonchev–Trinajstić information content (AvgIpc) is 2.62. The van der Waals surface area contributed by atoms with Gasteiger partial charge in [0, 0.05) is 23.1 Å². The van der Waals surface area contributed by atoms with Gasteiger partial charge in [0.2, 0.25) is 5.95 Å². The number of nitrogens with zero attached hydrogens (tertiary/aromatic N) is 2. The molecule has 0 bridgehead atoms. The van der Waals surface area contributed by atoms with Gasteiger partial charge in [-0.25, -0.2) is 9.97 Å². The van der Waals surface area contributed by atoms with Crippen LogP contribution in [0.1, 0.15) is 16.7 Å². The van der Waals surface area contributed by atoms with Crippen molar-refractivity contribution in [2.24, 2.45) is 0 Å². The Balaban J connectivity index is 2.01. The van der Waals surface area contributed by atoms with E-state index < -0.39 is 29.2 Å². The lowest BCUT2D eigenvalue weighted by Gasteiger charge is -2.15. The van der Waals surface area contributed by atoms with Gasteiger partial charge in [-0.1, -0.05) is 12.1 Å². The molecule has 0 saturated carbocycles. The molecule has 1 aromatic heterocycles. The Morgan fingerprint density at radius 3 is 1.93 bits per heavy atom. The third-order valence-electron chi connectivity index (χ3n) is 4.00. The van der Waals surface area contributed by atoms with E-state index in [9.17, 15) is 26.3 Å². The van der Waals surface area contributed by atoms with Crippen molar-refractivity contribution < 1.29 is 26.3 Å². The average molecular weight is 412 g/mol. The first-order valence-corrected chi connectivity index (χ1v) is 8.19. The van der Waals surface area contributed by atoms with Crippen LogP contribution in [-0.2, 0) is 12.4 Å². The monoisotopic (exact) mass is 412 g/mol. The molecule has 0 radical (unpaired) electrons. The van der Waals surface area contributed by atoms with Crippen LogP contribution in [0.25, 0.3) is 11.3 Å². The lowest BCUT2D eigenvalue weighted by atomic mass is 10.1. The first-order valence-electron chi connectivity index (χ1n) is 8.19. The van der Waals surface area contributed by atoms with Crippen LogP contribution in [-0.4, -0.2) is 9.97 Å². The molecule has 29 heavy (non-hydrogen) atoms. The summed E-state index contributed by atoms with van der Waals surface area (Å²) in [6, 6.07) is 7.88. The molecule has 0 aliphatic rings. The first-order chi connectivity index (χ1) is 13.4. The zero-order chi connectivity index (χ0) is 21.4. The van der Waals surface area contributed by atoms with Gasteiger partial charge in [0.1, 0.15) is 0 Å². The number of anilines is 3. The van der Waals surface area contributed by atoms with Gasteiger partial charge in [0.05, 0.1) is 16.8 Å². The van der Waals surface area contributed by atoms with Crippen molar-refractivity contribution in [1.29, 1.82) is 0 Å². The second kappa shape index (κ2) is 7.26. The van der Waals surface area contributed by atoms with Crippen molar-refractivity contribution in [1.82, 2.24) is 9.97 Å². The molecule has 3 rings (SSSR count). The molecular formula is C19H14F6N4. The number of hydrogen-bond acceptors (Lipinski definition) is 4. The highest BCUT2D eigenvalue weighted by Crippen LogP contribution is 2.38. The predicted molar refractivity (Wildman–Crippen MR) is 96.3 cm³/mol. The van der Waals surface area contributed by atoms with Gasteiger partial charge in [-0.2, -0.15) is 26.3 Å². The van der Waals surface area contributed by atoms with E-state index in [0.29, 0.717) is 34.6 Å². The normalized spacial score (nSPS) is 12.1. The zero-order valence-electron chi connectivity index (χ0n) is 14.9. The SMILES string of the molecule is Cc1cnc(Nc2cc(C(F)(F)F)cc(C(F)(F)F)c2)nc1-c1ccc(N)cc1. The van der Waals surface area contributed by atoms with Gasteiger partial charge in [-0.05, 0) is 42.8 Å². The predicted octanol–water partition coefficient (Wildman–Crippen LogP) is 5.82. The summed E-state index contributed by atoms with van der Waals surface area (Å²) in [6.45, 7) is 1.72. The fourth-order valence-electron chi connectivity index (χ4n) is 2.59. The summed E-state index contributed by atoms with van der Waals surface area (Å²) in [4.78, 5) is 8.18. The number of aryl methyl sites for hydroxylation is 1. The fourth-order valence-corrected chi connectivity index (χ4v) is 2.59. The van der Waals surface area contributed by atoms with Crippen LogP contribution in [0.3, 0.4) is 0 Å². The molecule has 4 nitrogen and oxygen atoms in total. The van der Waals surface area contributed by atoms with Crippen molar-refractivity contribution in [3.05, 3.63) is 65.4 Å². The number of benzene rings is 2. The number of hydrogen-bond donors (Lipinski definition) is 2. The Hall–Kier alpha value is -3.30. The van der Waals surface area contributed by atoms with Crippen LogP contribution in [0, 0.1) is 6.92 Å². The summed E-state index contributed by atoms with van der Waals surface area (Å²) in [7, 11) is 0. The molecule has 0 unspecified atom stereocenters. The molecule has 3 N–H and O–H groups in total. The number of nitrogen functional groups attached to an aromatic ring is 1. The minimum Gasteiger partial charge on any atom is -0.399 e. The van der Waals surface area contributed by atoms with E-state index >= 15 is 0 Å². The zero-order valence-corrected chi connectivity index (χ0v) is 14.9. The Bertz CT molecular complexity index is 994. The van der Waals surface area contributed by atoms with Crippen LogP contribution in [0.15, 0.2) is 48.7 Å². The number of nitrogens with one attached hydrogen (secondary N) is 1. The van der Waals surface area contributed by atoms with E-state index in [1.54, 1.807) is 31.2 Å². The molecule has 0 atom stereocenters. The maximum atomic E-state index is 13.0. The summed E-state index contributed by atoms with van der Waals surface area (Å²) >= 11 is 0. The molecule has 2 aromatic carbocycles. The Morgan fingerprint density at radius 1 is 0.862 bits per heavy atom. The minimum atomic E-state index is -4.94. The number of aromatic nitrogens is 2. The Labute approximate surface area is 161 Å². The first kappa shape index (κ1) is 20.4. The summed E-state index contributed by atoms with van der Waals surface area (Å²) in [5.41, 5.74) is 4.68. The van der Waals surface area contributed by atoms with E-state index in [2.05, 4.69) is 15.3 Å². The molecule has 0 fully saturated rings. The van der Waals surface area contributed by atoms with Gasteiger partial charge >= 0.3 is 12.4 Å². The summed E-state index contributed by atoms with van der Waals surface area (Å²) in [5.74, 6) is -0.144. The van der Waals surface area contributed by atoms with Crippen LogP contribution in [0.2, 0.25) is 0 Å². The molecule has 0 aliphatic carbocycles. The van der Waals surface area contributed by atoms with E-state index in [4.69, 9.17) is 5.73 Å². The fraction of sp³-hybridized carbons (Fsp3) is 0.158. The molecule has 0 amide bonds. The van der Waals surface area contributed by atoms with Gasteiger partial charge in [-0.15, -0.1) is 0 Å². The van der Waals surface area contributed by atoms with Crippen molar-refractivity contribution in [3.63, 3.8) is 0 Å². The Kier molecular flexibility index (Phi) is 5.12. The molecule has 3 aromatic rings. The summed E-state index contributed by atoms with van der Waals surface area (Å²) < 4.78 is 78.1. The molecule has 0 aliphatic heterocycles. The molecule has 0 spiro atoms. The molecule has 10 heteroatoms. The van der Waals surface area contributed by atoms with Gasteiger partial charge in [0.25, 0.3) is 0 Å². The van der Waals surface area contributed by atoms with Crippen LogP contribution in [0.4, 0.5) is 43.7 Å². The van der Waals surface area contributed by atoms with Crippen molar-refractivity contribution >= 4 is 17.3 Å². The lowest BCUT2D eigenvalue weighted by molar-refractivity contribution is -0.143. The number of rotatable bonds is 3. The van der Waals surface area contributed by atoms with E-state index in [-0.39, 0.29) is 12.0 Å². The summed E-state index contributed by atoms with van der Waals surface area (Å²) in [6.07, 6.45) is -8.47. The number of alkyl halides is 6. The van der Waals surface area contributed by atoms with Gasteiger partial charge in [0.15, 0.2) is 0 Å². The molecule has 152 valence electrons. The van der Waals surface area contributed by atoms with Crippen LogP contribution < -0.4 is 11.1 Å². The second-order valence-electron chi connectivity index (χ2n) is 6.27. The van der Waals surface area contributed by atoms with E-state index in [0.717, 1.165) is 0 Å². The smallest absolute Gasteiger partial charge is 0.399 e. The van der Waals surface area contributed by atoms with Crippen LogP contribution >= 0.6 is 0 Å². The number of halogens is 6. The van der Waals surface area contributed by atoms with Gasteiger partial charge in [-0.3, -0.25) is 0 Å². The van der Waals surface area contributed by atoms with E-state index in [1.165, 1.54) is 6.20 Å². The third-order valence-corrected chi connectivity index (χ3v) is 4.00. The number of nitrogens with two attached hydrogens (primary N) is 1. The standard InChI is InChI=1S/C19H14F6N4/c1-10-9-27-17(29-16(10)11-2-4-14(26)5-3-11)28-15-7-12(18(20,21)22)6-13(8-15)19(23,24)25/h2-9H,26H2,1H3,(H,27,28,29). The minimum absolute atomic E-state index is 0.0565. The highest BCUT2D eigenvalue weighted by Gasteiger charge is 2.37. The molecule has 0 saturated heterocycles. The van der Waals surface area contributed by atoms with Gasteiger partial charge < -0.3 is 11.1 Å². The van der Waals surface area contributed by atoms with Crippen molar-refractivity contribution in [2.75, 3.05) is 11.1 Å². The molecular weight excluding hydrogens is 398 g/mol. The highest BCUT2D eigenvalue weighted by molar-refractivity contribution is 5.67. The Morgan fingerprint density at radius 2 is 1.41 bits per heavy atom. The van der Waals surface area contributed by atoms with E-state index in [1.807, 2.05) is 0 Å². The van der Waals surface area contributed by atoms with Crippen LogP contribution in [0.5, 0.6) is 0 Å². The molecule has 1 heterocycles. The third kappa shape index (κ3) is 4.76. The second-order valence-corrected chi connectivity index (χ2v) is 6.27. The largest absolute Gasteiger partial charge is 0.416 e. The topological polar surface area (TPSA) is 63.8 Å². The summed E-state index contributed by atoms with van der Waals surface area (Å²) in [5, 5.41) is 2.43. The van der Waals surface area contributed by atoms with Crippen molar-refractivity contribution in [3.8, 4) is 11.3 Å². The lowest BCUT2D eigenvalue weighted by Crippen LogP contribution is -2.12. The quantitative estimate of drug-likeness (QED) is 0.421. The maximum absolute atomic E-state index is 13.0. The van der Waals surface area contributed by atoms with Crippen molar-refractivity contribution in [2.45, 2.75) is 19.3 Å². The highest BCUT2D eigenvalue weighted by atomic mass is 19.4.